The smallest absolute Gasteiger partial charge is 0.260 e. The van der Waals surface area contributed by atoms with Crippen LogP contribution in [-0.2, 0) is 19.5 Å². The predicted octanol–water partition coefficient (Wildman–Crippen LogP) is 2.73. The van der Waals surface area contributed by atoms with Gasteiger partial charge in [0.05, 0.1) is 23.7 Å². The molecular weight excluding hydrogens is 366 g/mol. The molecule has 0 saturated heterocycles. The molecule has 0 bridgehead atoms. The minimum absolute atomic E-state index is 0.104. The van der Waals surface area contributed by atoms with E-state index in [1.54, 1.807) is 7.11 Å². The van der Waals surface area contributed by atoms with Crippen LogP contribution in [0.15, 0.2) is 29.2 Å². The minimum atomic E-state index is -0.104. The van der Waals surface area contributed by atoms with Crippen molar-refractivity contribution in [2.24, 2.45) is 0 Å². The SMILES string of the molecule is CNCc1nccc2c1CCN(c1nc3cc(OC)cc(C(C)C)c3c(=O)[nH]1)C2. The fourth-order valence-corrected chi connectivity index (χ4v) is 4.05. The van der Waals surface area contributed by atoms with Gasteiger partial charge in [-0.25, -0.2) is 4.98 Å². The van der Waals surface area contributed by atoms with Crippen LogP contribution in [0.2, 0.25) is 0 Å². The highest BCUT2D eigenvalue weighted by atomic mass is 16.5. The number of hydrogen-bond donors (Lipinski definition) is 2. The van der Waals surface area contributed by atoms with E-state index in [0.717, 1.165) is 36.5 Å². The first-order chi connectivity index (χ1) is 14.0. The Morgan fingerprint density at radius 1 is 1.34 bits per heavy atom. The zero-order chi connectivity index (χ0) is 20.5. The number of aromatic nitrogens is 3. The van der Waals surface area contributed by atoms with Crippen molar-refractivity contribution in [2.45, 2.75) is 39.3 Å². The number of rotatable bonds is 5. The lowest BCUT2D eigenvalue weighted by atomic mass is 9.98. The maximum Gasteiger partial charge on any atom is 0.260 e. The molecule has 4 rings (SSSR count). The molecule has 1 aliphatic heterocycles. The summed E-state index contributed by atoms with van der Waals surface area (Å²) in [7, 11) is 3.57. The van der Waals surface area contributed by atoms with Crippen molar-refractivity contribution >= 4 is 16.9 Å². The summed E-state index contributed by atoms with van der Waals surface area (Å²) in [6, 6.07) is 5.82. The Labute approximate surface area is 170 Å². The summed E-state index contributed by atoms with van der Waals surface area (Å²) in [4.78, 5) is 27.4. The van der Waals surface area contributed by atoms with Crippen molar-refractivity contribution in [1.82, 2.24) is 20.3 Å². The van der Waals surface area contributed by atoms with Crippen molar-refractivity contribution in [3.05, 3.63) is 57.1 Å². The van der Waals surface area contributed by atoms with E-state index < -0.39 is 0 Å². The van der Waals surface area contributed by atoms with Gasteiger partial charge in [-0.05, 0) is 48.2 Å². The Bertz CT molecular complexity index is 1110. The predicted molar refractivity (Wildman–Crippen MR) is 115 cm³/mol. The maximum atomic E-state index is 13.0. The highest BCUT2D eigenvalue weighted by molar-refractivity contribution is 5.84. The zero-order valence-electron chi connectivity index (χ0n) is 17.4. The second-order valence-electron chi connectivity index (χ2n) is 7.75. The summed E-state index contributed by atoms with van der Waals surface area (Å²) in [5.41, 5.74) is 5.14. The number of methoxy groups -OCH3 is 1. The van der Waals surface area contributed by atoms with Gasteiger partial charge >= 0.3 is 0 Å². The van der Waals surface area contributed by atoms with Crippen molar-refractivity contribution in [3.8, 4) is 5.75 Å². The number of H-pyrrole nitrogens is 1. The van der Waals surface area contributed by atoms with E-state index in [0.29, 0.717) is 23.4 Å². The molecule has 7 nitrogen and oxygen atoms in total. The molecule has 0 atom stereocenters. The van der Waals surface area contributed by atoms with Gasteiger partial charge in [0.25, 0.3) is 5.56 Å². The molecule has 0 spiro atoms. The maximum absolute atomic E-state index is 13.0. The van der Waals surface area contributed by atoms with Crippen molar-refractivity contribution in [3.63, 3.8) is 0 Å². The summed E-state index contributed by atoms with van der Waals surface area (Å²) < 4.78 is 5.44. The lowest BCUT2D eigenvalue weighted by Gasteiger charge is -2.30. The highest BCUT2D eigenvalue weighted by Gasteiger charge is 2.22. The average molecular weight is 393 g/mol. The topological polar surface area (TPSA) is 83.1 Å². The van der Waals surface area contributed by atoms with Gasteiger partial charge < -0.3 is 15.0 Å². The van der Waals surface area contributed by atoms with Crippen LogP contribution in [-0.4, -0.2) is 35.7 Å². The van der Waals surface area contributed by atoms with E-state index in [9.17, 15) is 4.79 Å². The fourth-order valence-electron chi connectivity index (χ4n) is 4.05. The Balaban J connectivity index is 1.76. The third-order valence-corrected chi connectivity index (χ3v) is 5.54. The van der Waals surface area contributed by atoms with E-state index in [-0.39, 0.29) is 11.5 Å². The summed E-state index contributed by atoms with van der Waals surface area (Å²) in [6.45, 7) is 6.38. The van der Waals surface area contributed by atoms with Gasteiger partial charge in [0.1, 0.15) is 5.75 Å². The molecule has 0 unspecified atom stereocenters. The molecule has 7 heteroatoms. The number of anilines is 1. The van der Waals surface area contributed by atoms with Gasteiger partial charge in [-0.3, -0.25) is 14.8 Å². The van der Waals surface area contributed by atoms with Crippen LogP contribution in [0.3, 0.4) is 0 Å². The summed E-state index contributed by atoms with van der Waals surface area (Å²) in [5, 5.41) is 3.82. The Kier molecular flexibility index (Phi) is 5.24. The normalized spacial score (nSPS) is 13.8. The lowest BCUT2D eigenvalue weighted by Crippen LogP contribution is -2.34. The van der Waals surface area contributed by atoms with E-state index in [1.807, 2.05) is 25.4 Å². The lowest BCUT2D eigenvalue weighted by molar-refractivity contribution is 0.414. The number of fused-ring (bicyclic) bond motifs is 2. The van der Waals surface area contributed by atoms with E-state index >= 15 is 0 Å². The van der Waals surface area contributed by atoms with Crippen LogP contribution >= 0.6 is 0 Å². The first-order valence-corrected chi connectivity index (χ1v) is 9.99. The van der Waals surface area contributed by atoms with Gasteiger partial charge in [-0.1, -0.05) is 13.8 Å². The fraction of sp³-hybridized carbons (Fsp3) is 0.409. The molecule has 0 saturated carbocycles. The molecule has 0 fully saturated rings. The average Bonchev–Trinajstić information content (AvgIpc) is 2.72. The van der Waals surface area contributed by atoms with Crippen molar-refractivity contribution < 1.29 is 4.74 Å². The Hall–Kier alpha value is -2.93. The number of ether oxygens (including phenoxy) is 1. The zero-order valence-corrected chi connectivity index (χ0v) is 17.4. The third kappa shape index (κ3) is 3.58. The molecule has 1 aliphatic rings. The van der Waals surface area contributed by atoms with E-state index in [2.05, 4.69) is 40.1 Å². The largest absolute Gasteiger partial charge is 0.497 e. The minimum Gasteiger partial charge on any atom is -0.497 e. The number of pyridine rings is 1. The van der Waals surface area contributed by atoms with Crippen molar-refractivity contribution in [2.75, 3.05) is 25.6 Å². The Morgan fingerprint density at radius 3 is 2.90 bits per heavy atom. The first-order valence-electron chi connectivity index (χ1n) is 9.99. The van der Waals surface area contributed by atoms with Gasteiger partial charge in [-0.15, -0.1) is 0 Å². The second kappa shape index (κ2) is 7.83. The second-order valence-corrected chi connectivity index (χ2v) is 7.75. The molecule has 0 aliphatic carbocycles. The molecule has 0 radical (unpaired) electrons. The molecule has 3 heterocycles. The molecule has 29 heavy (non-hydrogen) atoms. The van der Waals surface area contributed by atoms with Crippen LogP contribution in [0.1, 0.15) is 42.1 Å². The number of aromatic amines is 1. The molecule has 1 aromatic carbocycles. The van der Waals surface area contributed by atoms with Crippen LogP contribution in [0, 0.1) is 0 Å². The molecule has 2 N–H and O–H groups in total. The molecular formula is C22H27N5O2. The third-order valence-electron chi connectivity index (χ3n) is 5.54. The van der Waals surface area contributed by atoms with Gasteiger partial charge in [-0.2, -0.15) is 0 Å². The Morgan fingerprint density at radius 2 is 2.17 bits per heavy atom. The van der Waals surface area contributed by atoms with Gasteiger partial charge in [0.15, 0.2) is 0 Å². The van der Waals surface area contributed by atoms with E-state index in [4.69, 9.17) is 9.72 Å². The quantitative estimate of drug-likeness (QED) is 0.694. The first kappa shape index (κ1) is 19.4. The number of nitrogens with zero attached hydrogens (tertiary/aromatic N) is 3. The summed E-state index contributed by atoms with van der Waals surface area (Å²) in [5.74, 6) is 1.52. The van der Waals surface area contributed by atoms with Gasteiger partial charge in [0, 0.05) is 31.9 Å². The van der Waals surface area contributed by atoms with Crippen LogP contribution in [0.25, 0.3) is 10.9 Å². The molecule has 152 valence electrons. The molecule has 0 amide bonds. The molecule has 2 aromatic heterocycles. The summed E-state index contributed by atoms with van der Waals surface area (Å²) >= 11 is 0. The summed E-state index contributed by atoms with van der Waals surface area (Å²) in [6.07, 6.45) is 2.72. The van der Waals surface area contributed by atoms with Crippen molar-refractivity contribution in [1.29, 1.82) is 0 Å². The number of nitrogens with one attached hydrogen (secondary N) is 2. The van der Waals surface area contributed by atoms with E-state index in [1.165, 1.54) is 11.1 Å². The number of benzene rings is 1. The van der Waals surface area contributed by atoms with Crippen LogP contribution in [0.5, 0.6) is 5.75 Å². The van der Waals surface area contributed by atoms with Crippen LogP contribution in [0.4, 0.5) is 5.95 Å². The monoisotopic (exact) mass is 393 g/mol. The van der Waals surface area contributed by atoms with Gasteiger partial charge in [0.2, 0.25) is 5.95 Å². The number of hydrogen-bond acceptors (Lipinski definition) is 6. The standard InChI is InChI=1S/C22H27N5O2/c1-13(2)17-9-15(29-4)10-18-20(17)21(28)26-22(25-18)27-8-6-16-14(12-27)5-7-24-19(16)11-23-3/h5,7,9-10,13,23H,6,8,11-12H2,1-4H3,(H,25,26,28). The van der Waals surface area contributed by atoms with Crippen LogP contribution < -0.4 is 20.5 Å². The molecule has 3 aromatic rings. The highest BCUT2D eigenvalue weighted by Crippen LogP contribution is 2.29.